The monoisotopic (exact) mass is 337 g/mol. The van der Waals surface area contributed by atoms with Gasteiger partial charge < -0.3 is 15.5 Å². The van der Waals surface area contributed by atoms with Crippen LogP contribution in [0.25, 0.3) is 0 Å². The average molecular weight is 338 g/mol. The molecule has 0 spiro atoms. The lowest BCUT2D eigenvalue weighted by Crippen LogP contribution is -2.48. The first-order chi connectivity index (χ1) is 11.1. The first kappa shape index (κ1) is 18.1. The summed E-state index contributed by atoms with van der Waals surface area (Å²) in [7, 11) is 0. The fourth-order valence-electron chi connectivity index (χ4n) is 3.05. The molecule has 1 aliphatic rings. The van der Waals surface area contributed by atoms with Crippen molar-refractivity contribution >= 4 is 23.2 Å². The molecule has 1 aromatic carbocycles. The van der Waals surface area contributed by atoms with E-state index in [0.29, 0.717) is 12.3 Å². The quantitative estimate of drug-likeness (QED) is 0.777. The minimum atomic E-state index is 0.292. The Kier molecular flexibility index (Phi) is 7.18. The van der Waals surface area contributed by atoms with Crippen molar-refractivity contribution in [3.05, 3.63) is 28.8 Å². The van der Waals surface area contributed by atoms with Crippen LogP contribution < -0.4 is 10.6 Å². The van der Waals surface area contributed by atoms with Gasteiger partial charge in [-0.2, -0.15) is 0 Å². The lowest BCUT2D eigenvalue weighted by Gasteiger charge is -2.37. The van der Waals surface area contributed by atoms with Crippen LogP contribution in [0.5, 0.6) is 0 Å². The molecule has 1 amide bonds. The molecule has 1 aromatic rings. The molecule has 2 N–H and O–H groups in total. The number of amides is 1. The van der Waals surface area contributed by atoms with Gasteiger partial charge in [-0.05, 0) is 44.0 Å². The predicted molar refractivity (Wildman–Crippen MR) is 97.1 cm³/mol. The van der Waals surface area contributed by atoms with Gasteiger partial charge in [0.15, 0.2) is 0 Å². The Labute approximate surface area is 144 Å². The Bertz CT molecular complexity index is 513. The van der Waals surface area contributed by atoms with Gasteiger partial charge in [-0.25, -0.2) is 0 Å². The molecule has 2 rings (SSSR count). The third-order valence-corrected chi connectivity index (χ3v) is 4.72. The van der Waals surface area contributed by atoms with Crippen molar-refractivity contribution in [3.8, 4) is 0 Å². The third kappa shape index (κ3) is 5.40. The van der Waals surface area contributed by atoms with Crippen LogP contribution >= 0.6 is 11.6 Å². The molecule has 5 heteroatoms. The van der Waals surface area contributed by atoms with E-state index < -0.39 is 0 Å². The molecule has 4 nitrogen and oxygen atoms in total. The molecule has 0 aromatic heterocycles. The smallest absolute Gasteiger partial charge is 0.222 e. The molecule has 1 fully saturated rings. The Morgan fingerprint density at radius 1 is 1.13 bits per heavy atom. The van der Waals surface area contributed by atoms with E-state index in [1.54, 1.807) is 0 Å². The van der Waals surface area contributed by atoms with Gasteiger partial charge in [0, 0.05) is 43.3 Å². The number of anilines is 1. The summed E-state index contributed by atoms with van der Waals surface area (Å²) < 4.78 is 0. The molecule has 0 unspecified atom stereocenters. The van der Waals surface area contributed by atoms with Crippen LogP contribution in [-0.2, 0) is 4.79 Å². The fourth-order valence-corrected chi connectivity index (χ4v) is 3.22. The number of hydrogen-bond donors (Lipinski definition) is 1. The number of nitrogens with two attached hydrogens (primary N) is 1. The van der Waals surface area contributed by atoms with Crippen LogP contribution in [0.15, 0.2) is 18.2 Å². The number of halogens is 1. The van der Waals surface area contributed by atoms with Gasteiger partial charge in [0.2, 0.25) is 5.91 Å². The van der Waals surface area contributed by atoms with E-state index in [4.69, 9.17) is 17.3 Å². The zero-order valence-corrected chi connectivity index (χ0v) is 14.8. The molecule has 23 heavy (non-hydrogen) atoms. The van der Waals surface area contributed by atoms with E-state index >= 15 is 0 Å². The summed E-state index contributed by atoms with van der Waals surface area (Å²) in [5, 5.41) is 0.765. The van der Waals surface area contributed by atoms with Gasteiger partial charge in [0.25, 0.3) is 0 Å². The van der Waals surface area contributed by atoms with E-state index in [0.717, 1.165) is 63.4 Å². The highest BCUT2D eigenvalue weighted by Crippen LogP contribution is 2.25. The highest BCUT2D eigenvalue weighted by atomic mass is 35.5. The standard InChI is InChI=1S/C18H28ClN3O/c1-15-7-8-16(19)14-17(15)21-10-12-22(13-11-21)18(23)6-4-2-3-5-9-20/h7-8,14H,2-6,9-13,20H2,1H3. The molecular weight excluding hydrogens is 310 g/mol. The molecule has 0 radical (unpaired) electrons. The third-order valence-electron chi connectivity index (χ3n) is 4.49. The molecule has 0 aliphatic carbocycles. The Morgan fingerprint density at radius 2 is 1.83 bits per heavy atom. The second-order valence-corrected chi connectivity index (χ2v) is 6.69. The van der Waals surface area contributed by atoms with E-state index in [1.807, 2.05) is 17.0 Å². The molecular formula is C18H28ClN3O. The van der Waals surface area contributed by atoms with Crippen molar-refractivity contribution in [2.24, 2.45) is 5.73 Å². The average Bonchev–Trinajstić information content (AvgIpc) is 2.57. The number of carbonyl (C=O) groups excluding carboxylic acids is 1. The minimum absolute atomic E-state index is 0.292. The molecule has 0 bridgehead atoms. The van der Waals surface area contributed by atoms with E-state index in [-0.39, 0.29) is 0 Å². The van der Waals surface area contributed by atoms with E-state index in [1.165, 1.54) is 11.3 Å². The van der Waals surface area contributed by atoms with Crippen LogP contribution in [0.4, 0.5) is 5.69 Å². The van der Waals surface area contributed by atoms with Crippen LogP contribution in [0.2, 0.25) is 5.02 Å². The van der Waals surface area contributed by atoms with Gasteiger partial charge in [0.1, 0.15) is 0 Å². The molecule has 128 valence electrons. The molecule has 0 atom stereocenters. The second kappa shape index (κ2) is 9.14. The van der Waals surface area contributed by atoms with Crippen molar-refractivity contribution in [1.29, 1.82) is 0 Å². The number of nitrogens with zero attached hydrogens (tertiary/aromatic N) is 2. The number of unbranched alkanes of at least 4 members (excludes halogenated alkanes) is 3. The summed E-state index contributed by atoms with van der Waals surface area (Å²) in [6.07, 6.45) is 4.94. The molecule has 0 saturated carbocycles. The van der Waals surface area contributed by atoms with E-state index in [2.05, 4.69) is 17.9 Å². The van der Waals surface area contributed by atoms with Gasteiger partial charge in [0.05, 0.1) is 0 Å². The highest BCUT2D eigenvalue weighted by Gasteiger charge is 2.21. The molecule has 1 aliphatic heterocycles. The Balaban J connectivity index is 1.77. The van der Waals surface area contributed by atoms with Crippen molar-refractivity contribution < 1.29 is 4.79 Å². The number of benzene rings is 1. The topological polar surface area (TPSA) is 49.6 Å². The molecule has 1 heterocycles. The summed E-state index contributed by atoms with van der Waals surface area (Å²) in [4.78, 5) is 16.6. The first-order valence-corrected chi connectivity index (χ1v) is 8.98. The van der Waals surface area contributed by atoms with Crippen LogP contribution in [-0.4, -0.2) is 43.5 Å². The summed E-state index contributed by atoms with van der Waals surface area (Å²) in [6.45, 7) is 6.20. The fraction of sp³-hybridized carbons (Fsp3) is 0.611. The summed E-state index contributed by atoms with van der Waals surface area (Å²) >= 11 is 6.11. The zero-order chi connectivity index (χ0) is 16.7. The Hall–Kier alpha value is -1.26. The molecule has 1 saturated heterocycles. The Morgan fingerprint density at radius 3 is 2.52 bits per heavy atom. The van der Waals surface area contributed by atoms with Crippen molar-refractivity contribution in [2.75, 3.05) is 37.6 Å². The van der Waals surface area contributed by atoms with Crippen molar-refractivity contribution in [2.45, 2.75) is 39.0 Å². The van der Waals surface area contributed by atoms with Crippen LogP contribution in [0.1, 0.15) is 37.7 Å². The first-order valence-electron chi connectivity index (χ1n) is 8.61. The lowest BCUT2D eigenvalue weighted by atomic mass is 10.1. The maximum atomic E-state index is 12.3. The maximum absolute atomic E-state index is 12.3. The lowest BCUT2D eigenvalue weighted by molar-refractivity contribution is -0.131. The van der Waals surface area contributed by atoms with Gasteiger partial charge in [-0.15, -0.1) is 0 Å². The number of aryl methyl sites for hydroxylation is 1. The largest absolute Gasteiger partial charge is 0.368 e. The predicted octanol–water partition coefficient (Wildman–Crippen LogP) is 3.21. The zero-order valence-electron chi connectivity index (χ0n) is 14.1. The summed E-state index contributed by atoms with van der Waals surface area (Å²) in [5.41, 5.74) is 7.90. The maximum Gasteiger partial charge on any atom is 0.222 e. The van der Waals surface area contributed by atoms with Gasteiger partial charge in [-0.3, -0.25) is 4.79 Å². The van der Waals surface area contributed by atoms with Gasteiger partial charge >= 0.3 is 0 Å². The number of piperazine rings is 1. The normalized spacial score (nSPS) is 15.1. The number of hydrogen-bond acceptors (Lipinski definition) is 3. The van der Waals surface area contributed by atoms with Crippen LogP contribution in [0.3, 0.4) is 0 Å². The van der Waals surface area contributed by atoms with Crippen LogP contribution in [0, 0.1) is 6.92 Å². The summed E-state index contributed by atoms with van der Waals surface area (Å²) in [6, 6.07) is 5.99. The summed E-state index contributed by atoms with van der Waals surface area (Å²) in [5.74, 6) is 0.292. The minimum Gasteiger partial charge on any atom is -0.368 e. The SMILES string of the molecule is Cc1ccc(Cl)cc1N1CCN(C(=O)CCCCCCN)CC1. The number of rotatable bonds is 7. The van der Waals surface area contributed by atoms with Gasteiger partial charge in [-0.1, -0.05) is 30.5 Å². The second-order valence-electron chi connectivity index (χ2n) is 6.25. The highest BCUT2D eigenvalue weighted by molar-refractivity contribution is 6.30. The van der Waals surface area contributed by atoms with Crippen molar-refractivity contribution in [3.63, 3.8) is 0 Å². The van der Waals surface area contributed by atoms with Crippen molar-refractivity contribution in [1.82, 2.24) is 4.90 Å². The number of carbonyl (C=O) groups is 1. The van der Waals surface area contributed by atoms with E-state index in [9.17, 15) is 4.79 Å².